The summed E-state index contributed by atoms with van der Waals surface area (Å²) in [5.74, 6) is 0. The van der Waals surface area contributed by atoms with Crippen molar-refractivity contribution < 1.29 is 0 Å². The van der Waals surface area contributed by atoms with E-state index in [9.17, 15) is 0 Å². The van der Waals surface area contributed by atoms with Gasteiger partial charge in [-0.3, -0.25) is 0 Å². The molecule has 0 unspecified atom stereocenters. The minimum Gasteiger partial charge on any atom is -0.0622 e. The zero-order valence-electron chi connectivity index (χ0n) is 16.4. The average Bonchev–Trinajstić information content (AvgIpc) is 2.73. The molecule has 0 nitrogen and oxygen atoms in total. The van der Waals surface area contributed by atoms with Crippen LogP contribution in [-0.2, 0) is 0 Å². The van der Waals surface area contributed by atoms with Gasteiger partial charge >= 0.3 is 0 Å². The van der Waals surface area contributed by atoms with Crippen molar-refractivity contribution in [3.8, 4) is 0 Å². The van der Waals surface area contributed by atoms with Crippen molar-refractivity contribution >= 4 is 18.2 Å². The number of rotatable bonds is 3. The van der Waals surface area contributed by atoms with Crippen LogP contribution in [0.2, 0.25) is 0 Å². The third-order valence-electron chi connectivity index (χ3n) is 5.25. The van der Waals surface area contributed by atoms with Gasteiger partial charge in [-0.25, -0.2) is 0 Å². The highest BCUT2D eigenvalue weighted by Crippen LogP contribution is 2.37. The van der Waals surface area contributed by atoms with E-state index < -0.39 is 0 Å². The van der Waals surface area contributed by atoms with Gasteiger partial charge in [-0.2, -0.15) is 0 Å². The fourth-order valence-corrected chi connectivity index (χ4v) is 3.76. The summed E-state index contributed by atoms with van der Waals surface area (Å²) >= 11 is 0. The molecular formula is C28H26. The first-order valence-corrected chi connectivity index (χ1v) is 10.1. The molecule has 0 bridgehead atoms. The van der Waals surface area contributed by atoms with Crippen molar-refractivity contribution in [1.29, 1.82) is 0 Å². The minimum atomic E-state index is 1.12. The molecule has 0 aromatic heterocycles. The molecule has 0 spiro atoms. The lowest BCUT2D eigenvalue weighted by molar-refractivity contribution is 0.783. The van der Waals surface area contributed by atoms with Gasteiger partial charge in [0.05, 0.1) is 0 Å². The molecule has 0 aliphatic heterocycles. The monoisotopic (exact) mass is 362 g/mol. The molecule has 0 atom stereocenters. The molecule has 138 valence electrons. The Bertz CT molecular complexity index is 941. The Morgan fingerprint density at radius 3 is 1.50 bits per heavy atom. The summed E-state index contributed by atoms with van der Waals surface area (Å²) in [6, 6.07) is 30.2. The van der Waals surface area contributed by atoms with Crippen LogP contribution in [0.25, 0.3) is 18.2 Å². The first-order chi connectivity index (χ1) is 13.8. The molecule has 0 heteroatoms. The maximum absolute atomic E-state index is 2.36. The second-order valence-electron chi connectivity index (χ2n) is 7.48. The van der Waals surface area contributed by atoms with E-state index >= 15 is 0 Å². The Hall–Kier alpha value is -3.12. The average molecular weight is 363 g/mol. The van der Waals surface area contributed by atoms with Crippen molar-refractivity contribution in [2.24, 2.45) is 0 Å². The Morgan fingerprint density at radius 1 is 0.536 bits per heavy atom. The molecule has 0 heterocycles. The summed E-state index contributed by atoms with van der Waals surface area (Å²) in [5, 5.41) is 0. The third kappa shape index (κ3) is 4.58. The predicted octanol–water partition coefficient (Wildman–Crippen LogP) is 7.73. The van der Waals surface area contributed by atoms with Gasteiger partial charge in [0.15, 0.2) is 0 Å². The van der Waals surface area contributed by atoms with Crippen LogP contribution < -0.4 is 0 Å². The molecule has 1 fully saturated rings. The number of allylic oxidation sites excluding steroid dienone is 3. The lowest BCUT2D eigenvalue weighted by Gasteiger charge is -2.23. The van der Waals surface area contributed by atoms with E-state index in [1.165, 1.54) is 45.4 Å². The van der Waals surface area contributed by atoms with Crippen LogP contribution in [0.15, 0.2) is 102 Å². The fraction of sp³-hybridized carbons (Fsp3) is 0.143. The molecule has 0 saturated heterocycles. The largest absolute Gasteiger partial charge is 0.0622 e. The van der Waals surface area contributed by atoms with E-state index in [1.807, 2.05) is 0 Å². The first kappa shape index (κ1) is 18.3. The Labute approximate surface area is 168 Å². The number of hydrogen-bond acceptors (Lipinski definition) is 0. The van der Waals surface area contributed by atoms with Crippen molar-refractivity contribution in [3.63, 3.8) is 0 Å². The molecule has 1 saturated carbocycles. The van der Waals surface area contributed by atoms with Crippen LogP contribution >= 0.6 is 0 Å². The van der Waals surface area contributed by atoms with E-state index in [0.29, 0.717) is 0 Å². The van der Waals surface area contributed by atoms with Crippen LogP contribution in [0.5, 0.6) is 0 Å². The SMILES string of the molecule is Cc1ccc(C=C2/C(=C\c3ccccc3)CCC/C2=C\c2ccccc2)cc1. The smallest absolute Gasteiger partial charge is 0.0186 e. The summed E-state index contributed by atoms with van der Waals surface area (Å²) < 4.78 is 0. The molecular weight excluding hydrogens is 336 g/mol. The van der Waals surface area contributed by atoms with Crippen LogP contribution in [-0.4, -0.2) is 0 Å². The van der Waals surface area contributed by atoms with Gasteiger partial charge in [0.1, 0.15) is 0 Å². The van der Waals surface area contributed by atoms with E-state index in [1.54, 1.807) is 0 Å². The molecule has 1 aliphatic carbocycles. The molecule has 0 N–H and O–H groups in total. The zero-order chi connectivity index (χ0) is 19.2. The highest BCUT2D eigenvalue weighted by molar-refractivity contribution is 5.76. The van der Waals surface area contributed by atoms with E-state index in [2.05, 4.69) is 110 Å². The molecule has 0 amide bonds. The Morgan fingerprint density at radius 2 is 1.00 bits per heavy atom. The van der Waals surface area contributed by atoms with E-state index in [0.717, 1.165) is 12.8 Å². The maximum Gasteiger partial charge on any atom is -0.0186 e. The molecule has 3 aromatic carbocycles. The van der Waals surface area contributed by atoms with Crippen molar-refractivity contribution in [2.75, 3.05) is 0 Å². The first-order valence-electron chi connectivity index (χ1n) is 10.1. The highest BCUT2D eigenvalue weighted by Gasteiger charge is 2.17. The van der Waals surface area contributed by atoms with Gasteiger partial charge in [-0.1, -0.05) is 103 Å². The van der Waals surface area contributed by atoms with Gasteiger partial charge in [0.2, 0.25) is 0 Å². The second-order valence-corrected chi connectivity index (χ2v) is 7.48. The summed E-state index contributed by atoms with van der Waals surface area (Å²) in [6.45, 7) is 2.14. The molecule has 0 radical (unpaired) electrons. The van der Waals surface area contributed by atoms with Crippen molar-refractivity contribution in [1.82, 2.24) is 0 Å². The summed E-state index contributed by atoms with van der Waals surface area (Å²) in [4.78, 5) is 0. The van der Waals surface area contributed by atoms with Crippen LogP contribution in [0.3, 0.4) is 0 Å². The Balaban J connectivity index is 1.80. The molecule has 28 heavy (non-hydrogen) atoms. The number of benzene rings is 3. The predicted molar refractivity (Wildman–Crippen MR) is 122 cm³/mol. The van der Waals surface area contributed by atoms with Gasteiger partial charge in [-0.15, -0.1) is 0 Å². The standard InChI is InChI=1S/C28H26/c1-22-15-17-25(18-16-22)21-28-26(19-23-9-4-2-5-10-23)13-8-14-27(28)20-24-11-6-3-7-12-24/h2-7,9-12,15-21H,8,13-14H2,1H3/b26-19-,27-20+,28-21?. The minimum absolute atomic E-state index is 1.12. The van der Waals surface area contributed by atoms with Crippen LogP contribution in [0.4, 0.5) is 0 Å². The summed E-state index contributed by atoms with van der Waals surface area (Å²) in [6.07, 6.45) is 10.5. The summed E-state index contributed by atoms with van der Waals surface area (Å²) in [5.41, 5.74) is 9.34. The molecule has 3 aromatic rings. The van der Waals surface area contributed by atoms with Crippen LogP contribution in [0, 0.1) is 6.92 Å². The Kier molecular flexibility index (Phi) is 5.68. The van der Waals surface area contributed by atoms with E-state index in [4.69, 9.17) is 0 Å². The topological polar surface area (TPSA) is 0 Å². The van der Waals surface area contributed by atoms with E-state index in [-0.39, 0.29) is 0 Å². The van der Waals surface area contributed by atoms with Crippen molar-refractivity contribution in [2.45, 2.75) is 26.2 Å². The van der Waals surface area contributed by atoms with Crippen LogP contribution in [0.1, 0.15) is 41.5 Å². The second kappa shape index (κ2) is 8.71. The van der Waals surface area contributed by atoms with Gasteiger partial charge in [0, 0.05) is 0 Å². The zero-order valence-corrected chi connectivity index (χ0v) is 16.4. The summed E-state index contributed by atoms with van der Waals surface area (Å²) in [7, 11) is 0. The molecule has 4 rings (SSSR count). The van der Waals surface area contributed by atoms with Crippen molar-refractivity contribution in [3.05, 3.63) is 124 Å². The maximum atomic E-state index is 2.36. The van der Waals surface area contributed by atoms with Gasteiger partial charge < -0.3 is 0 Å². The number of hydrogen-bond donors (Lipinski definition) is 0. The highest BCUT2D eigenvalue weighted by atomic mass is 14.2. The van der Waals surface area contributed by atoms with Gasteiger partial charge in [0.25, 0.3) is 0 Å². The quantitative estimate of drug-likeness (QED) is 0.447. The normalized spacial score (nSPS) is 18.7. The molecule has 1 aliphatic rings. The lowest BCUT2D eigenvalue weighted by atomic mass is 9.82. The fourth-order valence-electron chi connectivity index (χ4n) is 3.76. The number of aryl methyl sites for hydroxylation is 1. The third-order valence-corrected chi connectivity index (χ3v) is 5.25. The van der Waals surface area contributed by atoms with Gasteiger partial charge in [-0.05, 0) is 65.7 Å². The lowest BCUT2D eigenvalue weighted by Crippen LogP contribution is -2.03.